The number of benzene rings is 2. The van der Waals surface area contributed by atoms with Crippen LogP contribution in [0.15, 0.2) is 52.2 Å². The Morgan fingerprint density at radius 2 is 2.00 bits per heavy atom. The predicted octanol–water partition coefficient (Wildman–Crippen LogP) is 2.49. The van der Waals surface area contributed by atoms with Gasteiger partial charge < -0.3 is 5.73 Å². The van der Waals surface area contributed by atoms with Crippen molar-refractivity contribution < 1.29 is 9.42 Å². The largest absolute Gasteiger partial charge is 0.378 e. The molecule has 30 heavy (non-hydrogen) atoms. The Morgan fingerprint density at radius 3 is 2.73 bits per heavy atom. The lowest BCUT2D eigenvalue weighted by atomic mass is 10.0. The number of hydrogen-bond donors (Lipinski definition) is 2. The number of amides is 1. The molecule has 2 heterocycles. The molecule has 0 bridgehead atoms. The Morgan fingerprint density at radius 1 is 1.20 bits per heavy atom. The minimum Gasteiger partial charge on any atom is -0.378 e. The highest BCUT2D eigenvalue weighted by molar-refractivity contribution is 6.03. The van der Waals surface area contributed by atoms with Crippen molar-refractivity contribution in [3.05, 3.63) is 59.4 Å². The van der Waals surface area contributed by atoms with Crippen LogP contribution < -0.4 is 11.2 Å². The molecule has 0 radical (unpaired) electrons. The van der Waals surface area contributed by atoms with Gasteiger partial charge in [0, 0.05) is 0 Å². The second kappa shape index (κ2) is 8.11. The van der Waals surface area contributed by atoms with E-state index in [1.54, 1.807) is 0 Å². The number of aromatic nitrogens is 5. The first-order valence-electron chi connectivity index (χ1n) is 9.45. The van der Waals surface area contributed by atoms with Gasteiger partial charge in [0.05, 0.1) is 11.4 Å². The zero-order valence-electron chi connectivity index (χ0n) is 16.5. The summed E-state index contributed by atoms with van der Waals surface area (Å²) in [6, 6.07) is 14.1. The molecule has 4 rings (SSSR count). The van der Waals surface area contributed by atoms with Crippen molar-refractivity contribution >= 4 is 28.2 Å². The van der Waals surface area contributed by atoms with Gasteiger partial charge in [-0.15, -0.1) is 5.10 Å². The highest BCUT2D eigenvalue weighted by Crippen LogP contribution is 2.18. The number of hydrazone groups is 1. The van der Waals surface area contributed by atoms with Crippen LogP contribution >= 0.6 is 0 Å². The van der Waals surface area contributed by atoms with Gasteiger partial charge in [-0.1, -0.05) is 55.0 Å². The summed E-state index contributed by atoms with van der Waals surface area (Å²) >= 11 is 0. The smallest absolute Gasteiger partial charge is 0.293 e. The zero-order chi connectivity index (χ0) is 21.1. The van der Waals surface area contributed by atoms with Crippen LogP contribution in [0.5, 0.6) is 0 Å². The van der Waals surface area contributed by atoms with E-state index in [1.165, 1.54) is 4.68 Å². The van der Waals surface area contributed by atoms with Crippen LogP contribution in [0, 0.1) is 0 Å². The molecule has 2 aromatic carbocycles. The molecule has 0 aliphatic rings. The molecule has 10 heteroatoms. The van der Waals surface area contributed by atoms with Crippen molar-refractivity contribution in [3.8, 4) is 5.82 Å². The fourth-order valence-electron chi connectivity index (χ4n) is 3.11. The average Bonchev–Trinajstić information content (AvgIpc) is 3.37. The van der Waals surface area contributed by atoms with Gasteiger partial charge in [0.15, 0.2) is 5.69 Å². The van der Waals surface area contributed by atoms with E-state index in [0.717, 1.165) is 22.8 Å². The lowest BCUT2D eigenvalue weighted by molar-refractivity contribution is 0.0948. The normalized spacial score (nSPS) is 11.7. The van der Waals surface area contributed by atoms with Gasteiger partial charge in [0.25, 0.3) is 5.91 Å². The molecule has 1 amide bonds. The fraction of sp³-hybridized carbons (Fsp3) is 0.200. The Balaban J connectivity index is 1.58. The van der Waals surface area contributed by atoms with Crippen LogP contribution in [-0.4, -0.2) is 36.9 Å². The molecule has 0 unspecified atom stereocenters. The van der Waals surface area contributed by atoms with Gasteiger partial charge >= 0.3 is 0 Å². The number of rotatable bonds is 6. The number of anilines is 1. The SMILES string of the molecule is CCCc1c(C(=O)NN=C(C)c2ccc3ccccc3c2)nnn1-c1nonc1N. The molecule has 0 spiro atoms. The molecule has 3 N–H and O–H groups in total. The molecule has 152 valence electrons. The molecule has 0 aliphatic heterocycles. The molecule has 2 aromatic heterocycles. The number of fused-ring (bicyclic) bond motifs is 1. The Labute approximate surface area is 171 Å². The monoisotopic (exact) mass is 404 g/mol. The van der Waals surface area contributed by atoms with Gasteiger partial charge in [-0.3, -0.25) is 4.79 Å². The predicted molar refractivity (Wildman–Crippen MR) is 111 cm³/mol. The van der Waals surface area contributed by atoms with E-state index in [4.69, 9.17) is 5.73 Å². The zero-order valence-corrected chi connectivity index (χ0v) is 16.5. The third kappa shape index (κ3) is 3.62. The van der Waals surface area contributed by atoms with Crippen LogP contribution in [0.2, 0.25) is 0 Å². The van der Waals surface area contributed by atoms with Crippen LogP contribution in [-0.2, 0) is 6.42 Å². The first kappa shape index (κ1) is 19.2. The Hall–Kier alpha value is -4.08. The van der Waals surface area contributed by atoms with E-state index in [-0.39, 0.29) is 17.3 Å². The molecule has 0 saturated carbocycles. The maximum absolute atomic E-state index is 12.7. The molecule has 10 nitrogen and oxygen atoms in total. The molecule has 0 saturated heterocycles. The van der Waals surface area contributed by atoms with Gasteiger partial charge in [-0.25, -0.2) is 10.1 Å². The highest BCUT2D eigenvalue weighted by atomic mass is 16.6. The van der Waals surface area contributed by atoms with Crippen molar-refractivity contribution in [1.29, 1.82) is 0 Å². The molecule has 0 aliphatic carbocycles. The number of nitrogen functional groups attached to an aromatic ring is 1. The summed E-state index contributed by atoms with van der Waals surface area (Å²) in [6.07, 6.45) is 1.30. The minimum absolute atomic E-state index is 0.0642. The summed E-state index contributed by atoms with van der Waals surface area (Å²) in [5.74, 6) is -0.213. The van der Waals surface area contributed by atoms with Crippen LogP contribution in [0.4, 0.5) is 5.82 Å². The number of nitrogens with two attached hydrogens (primary N) is 1. The summed E-state index contributed by atoms with van der Waals surface area (Å²) in [6.45, 7) is 3.81. The van der Waals surface area contributed by atoms with Gasteiger partial charge in [-0.05, 0) is 46.1 Å². The molecule has 0 atom stereocenters. The lowest BCUT2D eigenvalue weighted by Crippen LogP contribution is -2.21. The average molecular weight is 404 g/mol. The van der Waals surface area contributed by atoms with Crippen molar-refractivity contribution in [2.75, 3.05) is 5.73 Å². The second-order valence-corrected chi connectivity index (χ2v) is 6.72. The van der Waals surface area contributed by atoms with Gasteiger partial charge in [0.2, 0.25) is 11.6 Å². The van der Waals surface area contributed by atoms with E-state index < -0.39 is 5.91 Å². The van der Waals surface area contributed by atoms with E-state index in [2.05, 4.69) is 35.8 Å². The first-order valence-corrected chi connectivity index (χ1v) is 9.45. The van der Waals surface area contributed by atoms with Crippen molar-refractivity contribution in [3.63, 3.8) is 0 Å². The number of carbonyl (C=O) groups excluding carboxylic acids is 1. The van der Waals surface area contributed by atoms with Gasteiger partial charge in [-0.2, -0.15) is 9.78 Å². The van der Waals surface area contributed by atoms with Crippen molar-refractivity contribution in [2.45, 2.75) is 26.7 Å². The Kier molecular flexibility index (Phi) is 5.21. The van der Waals surface area contributed by atoms with E-state index in [9.17, 15) is 4.79 Å². The van der Waals surface area contributed by atoms with Crippen molar-refractivity contribution in [2.24, 2.45) is 5.10 Å². The first-order chi connectivity index (χ1) is 14.6. The third-order valence-electron chi connectivity index (χ3n) is 4.65. The maximum Gasteiger partial charge on any atom is 0.293 e. The van der Waals surface area contributed by atoms with Crippen molar-refractivity contribution in [1.82, 2.24) is 30.7 Å². The summed E-state index contributed by atoms with van der Waals surface area (Å²) in [5, 5.41) is 21.7. The standard InChI is InChI=1S/C20H20N8O2/c1-3-6-16-17(23-27-28(16)19-18(21)25-30-26-19)20(29)24-22-12(2)14-10-9-13-7-4-5-8-15(13)11-14/h4-5,7-11H,3,6H2,1-2H3,(H2,21,25)(H,24,29). The fourth-order valence-corrected chi connectivity index (χ4v) is 3.11. The molecular weight excluding hydrogens is 384 g/mol. The maximum atomic E-state index is 12.7. The van der Waals surface area contributed by atoms with Gasteiger partial charge in [0.1, 0.15) is 0 Å². The van der Waals surface area contributed by atoms with Crippen LogP contribution in [0.25, 0.3) is 16.6 Å². The third-order valence-corrected chi connectivity index (χ3v) is 4.65. The number of hydrogen-bond acceptors (Lipinski definition) is 8. The summed E-state index contributed by atoms with van der Waals surface area (Å²) in [5.41, 5.74) is 10.6. The minimum atomic E-state index is -0.472. The van der Waals surface area contributed by atoms with E-state index in [1.807, 2.05) is 56.3 Å². The van der Waals surface area contributed by atoms with E-state index >= 15 is 0 Å². The van der Waals surface area contributed by atoms with E-state index in [0.29, 0.717) is 17.8 Å². The summed E-state index contributed by atoms with van der Waals surface area (Å²) in [4.78, 5) is 12.7. The molecule has 4 aromatic rings. The molecular formula is C20H20N8O2. The highest BCUT2D eigenvalue weighted by Gasteiger charge is 2.23. The number of carbonyl (C=O) groups is 1. The quantitative estimate of drug-likeness (QED) is 0.372. The van der Waals surface area contributed by atoms with Crippen LogP contribution in [0.3, 0.4) is 0 Å². The lowest BCUT2D eigenvalue weighted by Gasteiger charge is -2.05. The number of nitrogens with one attached hydrogen (secondary N) is 1. The topological polar surface area (TPSA) is 137 Å². The van der Waals surface area contributed by atoms with Crippen LogP contribution in [0.1, 0.15) is 42.0 Å². The summed E-state index contributed by atoms with van der Waals surface area (Å²) in [7, 11) is 0. The summed E-state index contributed by atoms with van der Waals surface area (Å²) < 4.78 is 5.99. The number of nitrogens with zero attached hydrogens (tertiary/aromatic N) is 6. The second-order valence-electron chi connectivity index (χ2n) is 6.72. The molecule has 0 fully saturated rings. The Bertz CT molecular complexity index is 1240.